The molecule has 0 atom stereocenters. The van der Waals surface area contributed by atoms with Crippen molar-refractivity contribution in [2.24, 2.45) is 0 Å². The number of carboxylic acid groups (broad SMARTS) is 1. The average Bonchev–Trinajstić information content (AvgIpc) is 2.96. The van der Waals surface area contributed by atoms with Crippen LogP contribution in [0.25, 0.3) is 0 Å². The zero-order chi connectivity index (χ0) is 14.4. The van der Waals surface area contributed by atoms with E-state index in [-0.39, 0.29) is 17.2 Å². The van der Waals surface area contributed by atoms with Gasteiger partial charge in [-0.15, -0.1) is 0 Å². The molecule has 2 aromatic rings. The van der Waals surface area contributed by atoms with E-state index < -0.39 is 5.97 Å². The Morgan fingerprint density at radius 1 is 1.35 bits per heavy atom. The Bertz CT molecular complexity index is 595. The zero-order valence-electron chi connectivity index (χ0n) is 10.7. The first-order chi connectivity index (χ1) is 9.66. The summed E-state index contributed by atoms with van der Waals surface area (Å²) in [5.41, 5.74) is 0.144. The Hall–Kier alpha value is -2.70. The Morgan fingerprint density at radius 2 is 2.20 bits per heavy atom. The van der Waals surface area contributed by atoms with Crippen LogP contribution in [0, 0.1) is 0 Å². The highest BCUT2D eigenvalue weighted by Gasteiger charge is 2.09. The summed E-state index contributed by atoms with van der Waals surface area (Å²) in [4.78, 5) is 26.3. The lowest BCUT2D eigenvalue weighted by molar-refractivity contribution is 0.0690. The first kappa shape index (κ1) is 13.7. The number of aryl methyl sites for hydroxylation is 1. The molecule has 0 fully saturated rings. The number of amides is 1. The first-order valence-corrected chi connectivity index (χ1v) is 6.12. The van der Waals surface area contributed by atoms with Crippen molar-refractivity contribution >= 4 is 11.9 Å². The lowest BCUT2D eigenvalue weighted by atomic mass is 10.2. The summed E-state index contributed by atoms with van der Waals surface area (Å²) in [7, 11) is 0. The van der Waals surface area contributed by atoms with Crippen LogP contribution in [0.1, 0.15) is 27.3 Å². The summed E-state index contributed by atoms with van der Waals surface area (Å²) in [6.45, 7) is 1.20. The van der Waals surface area contributed by atoms with Gasteiger partial charge in [-0.05, 0) is 24.6 Å². The summed E-state index contributed by atoms with van der Waals surface area (Å²) >= 11 is 0. The first-order valence-electron chi connectivity index (χ1n) is 6.12. The van der Waals surface area contributed by atoms with E-state index in [4.69, 9.17) is 5.11 Å². The average molecular weight is 274 g/mol. The van der Waals surface area contributed by atoms with Gasteiger partial charge in [0, 0.05) is 37.2 Å². The number of carbonyl (C=O) groups excluding carboxylic acids is 1. The maximum Gasteiger partial charge on any atom is 0.354 e. The van der Waals surface area contributed by atoms with Gasteiger partial charge < -0.3 is 10.4 Å². The molecule has 0 saturated carbocycles. The highest BCUT2D eigenvalue weighted by molar-refractivity contribution is 5.96. The summed E-state index contributed by atoms with van der Waals surface area (Å²) in [5, 5.41) is 15.6. The molecule has 7 heteroatoms. The minimum Gasteiger partial charge on any atom is -0.477 e. The lowest BCUT2D eigenvalue weighted by Crippen LogP contribution is -2.25. The fourth-order valence-corrected chi connectivity index (χ4v) is 1.67. The maximum absolute atomic E-state index is 11.8. The van der Waals surface area contributed by atoms with E-state index in [1.807, 2.05) is 12.3 Å². The SMILES string of the molecule is O=C(NCCCn1cccn1)c1ccnc(C(=O)O)c1. The number of carboxylic acids is 1. The summed E-state index contributed by atoms with van der Waals surface area (Å²) in [5.74, 6) is -1.46. The van der Waals surface area contributed by atoms with Gasteiger partial charge in [-0.25, -0.2) is 9.78 Å². The molecule has 0 aliphatic heterocycles. The quantitative estimate of drug-likeness (QED) is 0.759. The monoisotopic (exact) mass is 274 g/mol. The van der Waals surface area contributed by atoms with E-state index in [9.17, 15) is 9.59 Å². The third-order valence-corrected chi connectivity index (χ3v) is 2.65. The van der Waals surface area contributed by atoms with Gasteiger partial charge in [0.25, 0.3) is 5.91 Å². The van der Waals surface area contributed by atoms with Gasteiger partial charge in [-0.1, -0.05) is 0 Å². The van der Waals surface area contributed by atoms with Gasteiger partial charge in [0.2, 0.25) is 0 Å². The van der Waals surface area contributed by atoms with Crippen LogP contribution in [0.3, 0.4) is 0 Å². The second kappa shape index (κ2) is 6.46. The van der Waals surface area contributed by atoms with Crippen molar-refractivity contribution in [2.75, 3.05) is 6.54 Å². The van der Waals surface area contributed by atoms with E-state index in [2.05, 4.69) is 15.4 Å². The molecule has 0 spiro atoms. The molecule has 7 nitrogen and oxygen atoms in total. The van der Waals surface area contributed by atoms with Gasteiger partial charge in [-0.3, -0.25) is 9.48 Å². The minimum absolute atomic E-state index is 0.144. The molecule has 0 aliphatic carbocycles. The molecule has 2 heterocycles. The second-order valence-electron chi connectivity index (χ2n) is 4.11. The van der Waals surface area contributed by atoms with Crippen LogP contribution in [0.4, 0.5) is 0 Å². The predicted octanol–water partition coefficient (Wildman–Crippen LogP) is 0.796. The van der Waals surface area contributed by atoms with Crippen molar-refractivity contribution in [2.45, 2.75) is 13.0 Å². The van der Waals surface area contributed by atoms with Crippen molar-refractivity contribution in [1.29, 1.82) is 0 Å². The fourth-order valence-electron chi connectivity index (χ4n) is 1.67. The van der Waals surface area contributed by atoms with Crippen LogP contribution in [0.15, 0.2) is 36.8 Å². The van der Waals surface area contributed by atoms with Gasteiger partial charge in [-0.2, -0.15) is 5.10 Å². The zero-order valence-corrected chi connectivity index (χ0v) is 10.7. The van der Waals surface area contributed by atoms with Crippen LogP contribution in [-0.4, -0.2) is 38.3 Å². The largest absolute Gasteiger partial charge is 0.477 e. The number of aromatic nitrogens is 3. The van der Waals surface area contributed by atoms with E-state index in [1.54, 1.807) is 10.9 Å². The van der Waals surface area contributed by atoms with Crippen LogP contribution in [-0.2, 0) is 6.54 Å². The Morgan fingerprint density at radius 3 is 2.90 bits per heavy atom. The molecular weight excluding hydrogens is 260 g/mol. The molecule has 0 saturated heterocycles. The topological polar surface area (TPSA) is 97.1 Å². The number of rotatable bonds is 6. The molecule has 1 amide bonds. The highest BCUT2D eigenvalue weighted by atomic mass is 16.4. The highest BCUT2D eigenvalue weighted by Crippen LogP contribution is 2.02. The summed E-state index contributed by atoms with van der Waals surface area (Å²) < 4.78 is 1.78. The van der Waals surface area contributed by atoms with E-state index >= 15 is 0 Å². The van der Waals surface area contributed by atoms with Gasteiger partial charge in [0.15, 0.2) is 0 Å². The Balaban J connectivity index is 1.82. The maximum atomic E-state index is 11.8. The molecule has 0 bridgehead atoms. The standard InChI is InChI=1S/C13H14N4O3/c18-12(10-3-6-14-11(9-10)13(19)20)15-4-1-7-17-8-2-5-16-17/h2-3,5-6,8-9H,1,4,7H2,(H,15,18)(H,19,20). The second-order valence-corrected chi connectivity index (χ2v) is 4.11. The summed E-state index contributed by atoms with van der Waals surface area (Å²) in [6.07, 6.45) is 5.60. The number of carbonyl (C=O) groups is 2. The smallest absolute Gasteiger partial charge is 0.354 e. The number of aromatic carboxylic acids is 1. The third-order valence-electron chi connectivity index (χ3n) is 2.65. The number of hydrogen-bond donors (Lipinski definition) is 2. The molecule has 0 unspecified atom stereocenters. The Kier molecular flexibility index (Phi) is 4.43. The minimum atomic E-state index is -1.15. The number of hydrogen-bond acceptors (Lipinski definition) is 4. The summed E-state index contributed by atoms with van der Waals surface area (Å²) in [6, 6.07) is 4.57. The van der Waals surface area contributed by atoms with Crippen LogP contribution in [0.2, 0.25) is 0 Å². The lowest BCUT2D eigenvalue weighted by Gasteiger charge is -2.06. The number of pyridine rings is 1. The van der Waals surface area contributed by atoms with Crippen LogP contribution in [0.5, 0.6) is 0 Å². The van der Waals surface area contributed by atoms with Crippen LogP contribution < -0.4 is 5.32 Å². The van der Waals surface area contributed by atoms with Gasteiger partial charge in [0.1, 0.15) is 5.69 Å². The van der Waals surface area contributed by atoms with E-state index in [0.717, 1.165) is 6.42 Å². The van der Waals surface area contributed by atoms with E-state index in [0.29, 0.717) is 13.1 Å². The molecule has 2 N–H and O–H groups in total. The predicted molar refractivity (Wildman–Crippen MR) is 70.4 cm³/mol. The Labute approximate surface area is 115 Å². The molecule has 0 aromatic carbocycles. The molecule has 2 aromatic heterocycles. The van der Waals surface area contributed by atoms with Crippen molar-refractivity contribution in [3.05, 3.63) is 48.0 Å². The van der Waals surface area contributed by atoms with E-state index in [1.165, 1.54) is 18.3 Å². The fraction of sp³-hybridized carbons (Fsp3) is 0.231. The molecule has 0 radical (unpaired) electrons. The van der Waals surface area contributed by atoms with Gasteiger partial charge >= 0.3 is 5.97 Å². The normalized spacial score (nSPS) is 10.2. The van der Waals surface area contributed by atoms with Crippen molar-refractivity contribution < 1.29 is 14.7 Å². The van der Waals surface area contributed by atoms with Crippen LogP contribution >= 0.6 is 0 Å². The molecule has 104 valence electrons. The number of nitrogens with zero attached hydrogens (tertiary/aromatic N) is 3. The van der Waals surface area contributed by atoms with Gasteiger partial charge in [0.05, 0.1) is 0 Å². The molecule has 20 heavy (non-hydrogen) atoms. The van der Waals surface area contributed by atoms with Crippen molar-refractivity contribution in [3.8, 4) is 0 Å². The molecule has 0 aliphatic rings. The van der Waals surface area contributed by atoms with Crippen molar-refractivity contribution in [1.82, 2.24) is 20.1 Å². The molecule has 2 rings (SSSR count). The molecular formula is C13H14N4O3. The third kappa shape index (κ3) is 3.64. The van der Waals surface area contributed by atoms with Crippen molar-refractivity contribution in [3.63, 3.8) is 0 Å². The number of nitrogens with one attached hydrogen (secondary N) is 1.